The largest absolute Gasteiger partial charge is 0.383 e. The molecule has 4 heterocycles. The van der Waals surface area contributed by atoms with Crippen molar-refractivity contribution >= 4 is 28.4 Å². The van der Waals surface area contributed by atoms with Crippen molar-refractivity contribution in [2.75, 3.05) is 30.9 Å². The number of hydrogen-bond donors (Lipinski definition) is 3. The summed E-state index contributed by atoms with van der Waals surface area (Å²) in [6, 6.07) is 7.32. The molecule has 0 fully saturated rings. The van der Waals surface area contributed by atoms with Gasteiger partial charge in [0.15, 0.2) is 5.82 Å². The van der Waals surface area contributed by atoms with Crippen LogP contribution in [0.15, 0.2) is 47.8 Å². The first-order chi connectivity index (χ1) is 14.1. The summed E-state index contributed by atoms with van der Waals surface area (Å²) in [6.07, 6.45) is 5.10. The van der Waals surface area contributed by atoms with Gasteiger partial charge in [0.05, 0.1) is 47.9 Å². The molecule has 0 unspecified atom stereocenters. The van der Waals surface area contributed by atoms with E-state index in [1.165, 1.54) is 0 Å². The Morgan fingerprint density at radius 3 is 2.79 bits per heavy atom. The van der Waals surface area contributed by atoms with Gasteiger partial charge in [-0.05, 0) is 24.3 Å². The lowest BCUT2D eigenvalue weighted by Gasteiger charge is -2.10. The Morgan fingerprint density at radius 1 is 1.17 bits per heavy atom. The van der Waals surface area contributed by atoms with Gasteiger partial charge in [0.25, 0.3) is 0 Å². The zero-order valence-corrected chi connectivity index (χ0v) is 16.0. The number of methoxy groups -OCH3 is 1. The molecular weight excluding hydrogens is 372 g/mol. The number of imidazole rings is 1. The monoisotopic (exact) mass is 392 g/mol. The number of rotatable bonds is 7. The summed E-state index contributed by atoms with van der Waals surface area (Å²) in [4.78, 5) is 31.9. The molecule has 4 rings (SSSR count). The van der Waals surface area contributed by atoms with Crippen LogP contribution in [0.25, 0.3) is 22.4 Å². The fraction of sp³-hybridized carbons (Fsp3) is 0.211. The molecule has 0 saturated heterocycles. The minimum Gasteiger partial charge on any atom is -0.383 e. The maximum absolute atomic E-state index is 12.0. The lowest BCUT2D eigenvalue weighted by atomic mass is 10.2. The van der Waals surface area contributed by atoms with E-state index in [0.717, 1.165) is 17.2 Å². The molecule has 0 aliphatic heterocycles. The predicted molar refractivity (Wildman–Crippen MR) is 110 cm³/mol. The second-order valence-electron chi connectivity index (χ2n) is 6.35. The van der Waals surface area contributed by atoms with Crippen LogP contribution in [0.2, 0.25) is 0 Å². The maximum Gasteiger partial charge on any atom is 0.347 e. The average molecular weight is 392 g/mol. The van der Waals surface area contributed by atoms with Gasteiger partial charge in [-0.2, -0.15) is 4.98 Å². The van der Waals surface area contributed by atoms with E-state index in [1.807, 2.05) is 29.8 Å². The van der Waals surface area contributed by atoms with Crippen molar-refractivity contribution in [1.29, 1.82) is 0 Å². The number of H-pyrrole nitrogens is 1. The van der Waals surface area contributed by atoms with E-state index in [-0.39, 0.29) is 0 Å². The quantitative estimate of drug-likeness (QED) is 0.408. The SMILES string of the molecule is COCCNc1ccc(Nc2nc(=O)[nH]c3ccc(-c4cncn4C)nc23)cn1. The summed E-state index contributed by atoms with van der Waals surface area (Å²) in [5.74, 6) is 1.09. The Hall–Kier alpha value is -3.79. The van der Waals surface area contributed by atoms with Gasteiger partial charge in [-0.1, -0.05) is 0 Å². The second kappa shape index (κ2) is 8.07. The van der Waals surface area contributed by atoms with E-state index in [4.69, 9.17) is 4.74 Å². The number of nitrogens with zero attached hydrogens (tertiary/aromatic N) is 5. The van der Waals surface area contributed by atoms with Crippen LogP contribution in [0.5, 0.6) is 0 Å². The van der Waals surface area contributed by atoms with Crippen molar-refractivity contribution in [1.82, 2.24) is 29.5 Å². The van der Waals surface area contributed by atoms with Gasteiger partial charge in [-0.3, -0.25) is 0 Å². The summed E-state index contributed by atoms with van der Waals surface area (Å²) < 4.78 is 6.88. The molecule has 0 radical (unpaired) electrons. The predicted octanol–water partition coefficient (Wildman–Crippen LogP) is 1.92. The van der Waals surface area contributed by atoms with Crippen LogP contribution in [-0.4, -0.2) is 49.7 Å². The van der Waals surface area contributed by atoms with Crippen LogP contribution in [-0.2, 0) is 11.8 Å². The Kier molecular flexibility index (Phi) is 5.16. The smallest absolute Gasteiger partial charge is 0.347 e. The third kappa shape index (κ3) is 4.06. The molecule has 29 heavy (non-hydrogen) atoms. The minimum absolute atomic E-state index is 0.356. The highest BCUT2D eigenvalue weighted by molar-refractivity contribution is 5.88. The van der Waals surface area contributed by atoms with Gasteiger partial charge in [0.2, 0.25) is 0 Å². The van der Waals surface area contributed by atoms with Gasteiger partial charge in [0, 0.05) is 20.7 Å². The number of nitrogens with one attached hydrogen (secondary N) is 3. The van der Waals surface area contributed by atoms with Gasteiger partial charge in [-0.15, -0.1) is 0 Å². The summed E-state index contributed by atoms with van der Waals surface area (Å²) in [7, 11) is 3.54. The van der Waals surface area contributed by atoms with Crippen molar-refractivity contribution in [2.45, 2.75) is 0 Å². The number of aromatic nitrogens is 6. The third-order valence-corrected chi connectivity index (χ3v) is 4.29. The highest BCUT2D eigenvalue weighted by atomic mass is 16.5. The lowest BCUT2D eigenvalue weighted by molar-refractivity contribution is 0.210. The summed E-state index contributed by atoms with van der Waals surface area (Å²) in [5, 5.41) is 6.29. The molecule has 4 aromatic heterocycles. The van der Waals surface area contributed by atoms with E-state index in [0.29, 0.717) is 35.7 Å². The standard InChI is InChI=1S/C19H20N8O2/c1-27-11-20-10-15(27)13-4-5-14-17(24-13)18(26-19(28)25-14)23-12-3-6-16(22-9-12)21-7-8-29-2/h3-6,9-11H,7-8H2,1-2H3,(H,21,22)(H2,23,25,26,28). The van der Waals surface area contributed by atoms with Gasteiger partial charge in [0.1, 0.15) is 11.3 Å². The Labute approximate surface area is 166 Å². The topological polar surface area (TPSA) is 123 Å². The highest BCUT2D eigenvalue weighted by Crippen LogP contribution is 2.24. The van der Waals surface area contributed by atoms with Crippen LogP contribution in [0, 0.1) is 0 Å². The van der Waals surface area contributed by atoms with Gasteiger partial charge >= 0.3 is 5.69 Å². The molecule has 0 saturated carbocycles. The van der Waals surface area contributed by atoms with Crippen LogP contribution in [0.3, 0.4) is 0 Å². The zero-order valence-electron chi connectivity index (χ0n) is 16.0. The molecule has 0 atom stereocenters. The Balaban J connectivity index is 1.65. The lowest BCUT2D eigenvalue weighted by Crippen LogP contribution is -2.13. The van der Waals surface area contributed by atoms with E-state index >= 15 is 0 Å². The van der Waals surface area contributed by atoms with Crippen molar-refractivity contribution in [2.24, 2.45) is 7.05 Å². The van der Waals surface area contributed by atoms with Crippen molar-refractivity contribution in [3.05, 3.63) is 53.5 Å². The molecule has 4 aromatic rings. The molecule has 0 amide bonds. The first-order valence-corrected chi connectivity index (χ1v) is 8.97. The number of anilines is 3. The van der Waals surface area contributed by atoms with E-state index in [9.17, 15) is 4.79 Å². The first kappa shape index (κ1) is 18.6. The van der Waals surface area contributed by atoms with E-state index < -0.39 is 5.69 Å². The van der Waals surface area contributed by atoms with E-state index in [1.54, 1.807) is 31.9 Å². The molecule has 0 spiro atoms. The summed E-state index contributed by atoms with van der Waals surface area (Å²) >= 11 is 0. The molecular formula is C19H20N8O2. The first-order valence-electron chi connectivity index (χ1n) is 8.97. The normalized spacial score (nSPS) is 11.0. The number of pyridine rings is 2. The number of fused-ring (bicyclic) bond motifs is 1. The van der Waals surface area contributed by atoms with Crippen LogP contribution in [0.1, 0.15) is 0 Å². The molecule has 0 bridgehead atoms. The highest BCUT2D eigenvalue weighted by Gasteiger charge is 2.11. The zero-order chi connectivity index (χ0) is 20.2. The molecule has 0 aliphatic carbocycles. The molecule has 10 nitrogen and oxygen atoms in total. The fourth-order valence-electron chi connectivity index (χ4n) is 2.86. The number of ether oxygens (including phenoxy) is 1. The molecule has 148 valence electrons. The van der Waals surface area contributed by atoms with E-state index in [2.05, 4.69) is 35.6 Å². The second-order valence-corrected chi connectivity index (χ2v) is 6.35. The fourth-order valence-corrected chi connectivity index (χ4v) is 2.86. The minimum atomic E-state index is -0.458. The molecule has 10 heteroatoms. The van der Waals surface area contributed by atoms with Crippen molar-refractivity contribution < 1.29 is 4.74 Å². The third-order valence-electron chi connectivity index (χ3n) is 4.29. The van der Waals surface area contributed by atoms with Crippen LogP contribution in [0.4, 0.5) is 17.3 Å². The number of hydrogen-bond acceptors (Lipinski definition) is 8. The molecule has 3 N–H and O–H groups in total. The maximum atomic E-state index is 12.0. The number of aryl methyl sites for hydroxylation is 1. The summed E-state index contributed by atoms with van der Waals surface area (Å²) in [6.45, 7) is 1.26. The van der Waals surface area contributed by atoms with Crippen LogP contribution >= 0.6 is 0 Å². The average Bonchev–Trinajstić information content (AvgIpc) is 3.15. The number of aromatic amines is 1. The van der Waals surface area contributed by atoms with Gasteiger partial charge < -0.3 is 24.9 Å². The van der Waals surface area contributed by atoms with Gasteiger partial charge in [-0.25, -0.2) is 19.7 Å². The van der Waals surface area contributed by atoms with Crippen molar-refractivity contribution in [3.63, 3.8) is 0 Å². The molecule has 0 aliphatic rings. The van der Waals surface area contributed by atoms with Crippen LogP contribution < -0.4 is 16.3 Å². The Morgan fingerprint density at radius 2 is 2.07 bits per heavy atom. The summed E-state index contributed by atoms with van der Waals surface area (Å²) in [5.41, 5.74) is 2.95. The Bertz CT molecular complexity index is 1180. The molecule has 0 aromatic carbocycles. The van der Waals surface area contributed by atoms with Crippen molar-refractivity contribution in [3.8, 4) is 11.4 Å².